The molecule has 0 unspecified atom stereocenters. The van der Waals surface area contributed by atoms with Crippen molar-refractivity contribution in [2.45, 2.75) is 13.8 Å². The second-order valence-electron chi connectivity index (χ2n) is 4.25. The molecule has 0 radical (unpaired) electrons. The average Bonchev–Trinajstić information content (AvgIpc) is 2.54. The molecule has 0 saturated carbocycles. The van der Waals surface area contributed by atoms with E-state index in [0.717, 1.165) is 17.0 Å². The lowest BCUT2D eigenvalue weighted by molar-refractivity contribution is -0.125. The van der Waals surface area contributed by atoms with Gasteiger partial charge in [0.2, 0.25) is 0 Å². The third kappa shape index (κ3) is 1.56. The van der Waals surface area contributed by atoms with Gasteiger partial charge in [0.1, 0.15) is 5.75 Å². The zero-order chi connectivity index (χ0) is 11.8. The van der Waals surface area contributed by atoms with Crippen molar-refractivity contribution < 1.29 is 9.53 Å². The van der Waals surface area contributed by atoms with Crippen molar-refractivity contribution in [3.63, 3.8) is 0 Å². The van der Waals surface area contributed by atoms with Gasteiger partial charge in [-0.05, 0) is 43.7 Å². The number of hydrogen-bond donors (Lipinski definition) is 1. The minimum absolute atomic E-state index is 0.0710. The van der Waals surface area contributed by atoms with E-state index in [1.165, 1.54) is 0 Å². The summed E-state index contributed by atoms with van der Waals surface area (Å²) in [6.45, 7) is 3.72. The van der Waals surface area contributed by atoms with Crippen molar-refractivity contribution in [1.29, 1.82) is 0 Å². The molecule has 0 atom stereocenters. The number of benzene rings is 1. The fourth-order valence-corrected chi connectivity index (χ4v) is 1.67. The molecule has 1 aromatic rings. The number of carbonyl (C=O) groups excluding carboxylic acids is 1. The molecule has 0 saturated heterocycles. The first kappa shape index (κ1) is 10.7. The van der Waals surface area contributed by atoms with E-state index in [2.05, 4.69) is 10.5 Å². The summed E-state index contributed by atoms with van der Waals surface area (Å²) in [5.41, 5.74) is 3.63. The molecule has 1 amide bonds. The molecule has 0 spiro atoms. The molecular weight excluding hydrogens is 204 g/mol. The van der Waals surface area contributed by atoms with Crippen LogP contribution in [0.3, 0.4) is 0 Å². The van der Waals surface area contributed by atoms with Gasteiger partial charge in [0.25, 0.3) is 5.91 Å². The second-order valence-corrected chi connectivity index (χ2v) is 4.25. The van der Waals surface area contributed by atoms with Crippen LogP contribution in [0.15, 0.2) is 29.4 Å². The van der Waals surface area contributed by atoms with Crippen molar-refractivity contribution in [2.75, 3.05) is 7.11 Å². The lowest BCUT2D eigenvalue weighted by atomic mass is 9.84. The maximum absolute atomic E-state index is 11.6. The number of nitrogens with one attached hydrogen (secondary N) is 1. The molecular formula is C12H14N2O2. The molecule has 0 aliphatic carbocycles. The highest BCUT2D eigenvalue weighted by Crippen LogP contribution is 2.27. The van der Waals surface area contributed by atoms with Crippen LogP contribution in [0.4, 0.5) is 0 Å². The maximum atomic E-state index is 11.6. The predicted molar refractivity (Wildman–Crippen MR) is 61.5 cm³/mol. The highest BCUT2D eigenvalue weighted by molar-refractivity contribution is 6.19. The summed E-state index contributed by atoms with van der Waals surface area (Å²) < 4.78 is 5.08. The van der Waals surface area contributed by atoms with Gasteiger partial charge in [-0.25, -0.2) is 5.43 Å². The van der Waals surface area contributed by atoms with Gasteiger partial charge in [-0.1, -0.05) is 0 Å². The van der Waals surface area contributed by atoms with Gasteiger partial charge in [-0.3, -0.25) is 4.79 Å². The van der Waals surface area contributed by atoms with Gasteiger partial charge in [0, 0.05) is 0 Å². The molecule has 1 aromatic carbocycles. The van der Waals surface area contributed by atoms with E-state index in [9.17, 15) is 4.79 Å². The Kier molecular flexibility index (Phi) is 2.42. The van der Waals surface area contributed by atoms with Gasteiger partial charge in [0.15, 0.2) is 0 Å². The zero-order valence-electron chi connectivity index (χ0n) is 9.57. The van der Waals surface area contributed by atoms with Crippen LogP contribution in [0.5, 0.6) is 5.75 Å². The Balaban J connectivity index is 2.35. The largest absolute Gasteiger partial charge is 0.497 e. The van der Waals surface area contributed by atoms with Crippen LogP contribution in [-0.2, 0) is 4.79 Å². The summed E-state index contributed by atoms with van der Waals surface area (Å²) in [5.74, 6) is 0.720. The Labute approximate surface area is 94.3 Å². The maximum Gasteiger partial charge on any atom is 0.251 e. The molecule has 1 aliphatic rings. The molecule has 84 valence electrons. The number of carbonyl (C=O) groups is 1. The van der Waals surface area contributed by atoms with Crippen LogP contribution >= 0.6 is 0 Å². The molecule has 4 nitrogen and oxygen atoms in total. The summed E-state index contributed by atoms with van der Waals surface area (Å²) in [4.78, 5) is 11.6. The number of methoxy groups -OCH3 is 1. The van der Waals surface area contributed by atoms with Crippen molar-refractivity contribution >= 4 is 11.6 Å². The van der Waals surface area contributed by atoms with Gasteiger partial charge >= 0.3 is 0 Å². The smallest absolute Gasteiger partial charge is 0.251 e. The van der Waals surface area contributed by atoms with Crippen LogP contribution in [0.2, 0.25) is 0 Å². The molecule has 1 N–H and O–H groups in total. The Morgan fingerprint density at radius 1 is 1.25 bits per heavy atom. The first-order valence-corrected chi connectivity index (χ1v) is 5.09. The third-order valence-electron chi connectivity index (χ3n) is 2.79. The number of ether oxygens (including phenoxy) is 1. The van der Waals surface area contributed by atoms with Crippen LogP contribution < -0.4 is 10.2 Å². The number of nitrogens with zero attached hydrogens (tertiary/aromatic N) is 1. The molecule has 1 aliphatic heterocycles. The summed E-state index contributed by atoms with van der Waals surface area (Å²) in [6, 6.07) is 7.52. The molecule has 4 heteroatoms. The van der Waals surface area contributed by atoms with Crippen LogP contribution in [0.25, 0.3) is 0 Å². The standard InChI is InChI=1S/C12H14N2O2/c1-12(2)10(13-14-11(12)15)8-4-6-9(16-3)7-5-8/h4-7H,1-3H3,(H,14,15). The van der Waals surface area contributed by atoms with Crippen molar-refractivity contribution in [3.05, 3.63) is 29.8 Å². The second kappa shape index (κ2) is 3.63. The van der Waals surface area contributed by atoms with E-state index in [0.29, 0.717) is 0 Å². The fourth-order valence-electron chi connectivity index (χ4n) is 1.67. The normalized spacial score (nSPS) is 17.9. The number of hydrazone groups is 1. The van der Waals surface area contributed by atoms with E-state index in [-0.39, 0.29) is 5.91 Å². The quantitative estimate of drug-likeness (QED) is 0.818. The van der Waals surface area contributed by atoms with Crippen molar-refractivity contribution in [3.8, 4) is 5.75 Å². The van der Waals surface area contributed by atoms with Crippen molar-refractivity contribution in [2.24, 2.45) is 10.5 Å². The molecule has 0 fully saturated rings. The fraction of sp³-hybridized carbons (Fsp3) is 0.333. The minimum Gasteiger partial charge on any atom is -0.497 e. The SMILES string of the molecule is COc1ccc(C2=NNC(=O)C2(C)C)cc1. The van der Waals surface area contributed by atoms with E-state index >= 15 is 0 Å². The Morgan fingerprint density at radius 2 is 1.88 bits per heavy atom. The Hall–Kier alpha value is -1.84. The first-order valence-electron chi connectivity index (χ1n) is 5.09. The Morgan fingerprint density at radius 3 is 2.31 bits per heavy atom. The average molecular weight is 218 g/mol. The third-order valence-corrected chi connectivity index (χ3v) is 2.79. The summed E-state index contributed by atoms with van der Waals surface area (Å²) in [6.07, 6.45) is 0. The molecule has 1 heterocycles. The summed E-state index contributed by atoms with van der Waals surface area (Å²) in [5, 5.41) is 4.07. The number of hydrogen-bond acceptors (Lipinski definition) is 3. The van der Waals surface area contributed by atoms with E-state index in [1.54, 1.807) is 7.11 Å². The first-order chi connectivity index (χ1) is 7.55. The molecule has 2 rings (SSSR count). The molecule has 16 heavy (non-hydrogen) atoms. The highest BCUT2D eigenvalue weighted by atomic mass is 16.5. The summed E-state index contributed by atoms with van der Waals surface area (Å²) >= 11 is 0. The van der Waals surface area contributed by atoms with Crippen molar-refractivity contribution in [1.82, 2.24) is 5.43 Å². The monoisotopic (exact) mass is 218 g/mol. The lowest BCUT2D eigenvalue weighted by Gasteiger charge is -2.16. The zero-order valence-corrected chi connectivity index (χ0v) is 9.57. The van der Waals surface area contributed by atoms with Gasteiger partial charge in [-0.15, -0.1) is 0 Å². The predicted octanol–water partition coefficient (Wildman–Crippen LogP) is 1.56. The van der Waals surface area contributed by atoms with Crippen LogP contribution in [0.1, 0.15) is 19.4 Å². The van der Waals surface area contributed by atoms with Crippen LogP contribution in [-0.4, -0.2) is 18.7 Å². The van der Waals surface area contributed by atoms with Gasteiger partial charge in [-0.2, -0.15) is 5.10 Å². The Bertz CT molecular complexity index is 447. The van der Waals surface area contributed by atoms with E-state index in [1.807, 2.05) is 38.1 Å². The number of rotatable bonds is 2. The molecule has 0 bridgehead atoms. The van der Waals surface area contributed by atoms with Gasteiger partial charge in [0.05, 0.1) is 18.2 Å². The number of amides is 1. The lowest BCUT2D eigenvalue weighted by Crippen LogP contribution is -2.32. The molecule has 0 aromatic heterocycles. The van der Waals surface area contributed by atoms with E-state index in [4.69, 9.17) is 4.74 Å². The van der Waals surface area contributed by atoms with E-state index < -0.39 is 5.41 Å². The minimum atomic E-state index is -0.575. The summed E-state index contributed by atoms with van der Waals surface area (Å²) in [7, 11) is 1.62. The topological polar surface area (TPSA) is 50.7 Å². The van der Waals surface area contributed by atoms with Gasteiger partial charge < -0.3 is 4.74 Å². The highest BCUT2D eigenvalue weighted by Gasteiger charge is 2.39. The van der Waals surface area contributed by atoms with Crippen LogP contribution in [0, 0.1) is 5.41 Å².